The minimum absolute atomic E-state index is 0.00344. The van der Waals surface area contributed by atoms with Crippen molar-refractivity contribution in [3.05, 3.63) is 42.0 Å². The molecular formula is C18H22N4O3. The molecule has 2 aromatic rings. The molecule has 0 saturated carbocycles. The summed E-state index contributed by atoms with van der Waals surface area (Å²) in [6.07, 6.45) is 0. The summed E-state index contributed by atoms with van der Waals surface area (Å²) in [5, 5.41) is 8.13. The molecule has 1 amide bonds. The lowest BCUT2D eigenvalue weighted by molar-refractivity contribution is -0.133. The summed E-state index contributed by atoms with van der Waals surface area (Å²) in [5.41, 5.74) is 1.03. The minimum Gasteiger partial charge on any atom is -0.484 e. The number of hydrogen-bond acceptors (Lipinski definition) is 6. The summed E-state index contributed by atoms with van der Waals surface area (Å²) in [6, 6.07) is 11.4. The molecule has 0 atom stereocenters. The van der Waals surface area contributed by atoms with Crippen molar-refractivity contribution in [2.24, 2.45) is 0 Å². The smallest absolute Gasteiger partial charge is 0.260 e. The molecule has 1 fully saturated rings. The van der Waals surface area contributed by atoms with Crippen LogP contribution in [0.4, 0.5) is 5.82 Å². The second-order valence-electron chi connectivity index (χ2n) is 5.86. The lowest BCUT2D eigenvalue weighted by atomic mass is 10.2. The van der Waals surface area contributed by atoms with Crippen LogP contribution in [-0.2, 0) is 4.79 Å². The largest absolute Gasteiger partial charge is 0.484 e. The van der Waals surface area contributed by atoms with E-state index >= 15 is 0 Å². The van der Waals surface area contributed by atoms with E-state index in [1.807, 2.05) is 42.2 Å². The lowest BCUT2D eigenvalue weighted by Crippen LogP contribution is -2.50. The number of ether oxygens (including phenoxy) is 2. The highest BCUT2D eigenvalue weighted by Gasteiger charge is 2.22. The van der Waals surface area contributed by atoms with Gasteiger partial charge in [0.25, 0.3) is 5.91 Å². The number of aromatic nitrogens is 2. The van der Waals surface area contributed by atoms with Gasteiger partial charge in [-0.15, -0.1) is 10.2 Å². The Hall–Kier alpha value is -2.83. The van der Waals surface area contributed by atoms with Gasteiger partial charge < -0.3 is 19.3 Å². The Kier molecular flexibility index (Phi) is 5.33. The predicted molar refractivity (Wildman–Crippen MR) is 94.1 cm³/mol. The standard InChI is InChI=1S/C18H22N4O3/c1-14-5-3-4-6-15(14)25-13-18(23)22-11-9-21(10-12-22)16-7-8-17(24-2)20-19-16/h3-8H,9-13H2,1-2H3. The maximum atomic E-state index is 12.3. The molecule has 25 heavy (non-hydrogen) atoms. The molecular weight excluding hydrogens is 320 g/mol. The van der Waals surface area contributed by atoms with Gasteiger partial charge in [-0.25, -0.2) is 0 Å². The van der Waals surface area contributed by atoms with E-state index in [9.17, 15) is 4.79 Å². The number of benzene rings is 1. The van der Waals surface area contributed by atoms with Crippen LogP contribution in [0.1, 0.15) is 5.56 Å². The number of aryl methyl sites for hydroxylation is 1. The minimum atomic E-state index is 0.00344. The van der Waals surface area contributed by atoms with Gasteiger partial charge in [0.05, 0.1) is 7.11 Å². The molecule has 7 heteroatoms. The van der Waals surface area contributed by atoms with E-state index in [0.29, 0.717) is 19.0 Å². The van der Waals surface area contributed by atoms with Crippen LogP contribution < -0.4 is 14.4 Å². The fourth-order valence-electron chi connectivity index (χ4n) is 2.72. The van der Waals surface area contributed by atoms with E-state index in [-0.39, 0.29) is 12.5 Å². The third-order valence-electron chi connectivity index (χ3n) is 4.24. The Bertz CT molecular complexity index is 713. The Labute approximate surface area is 147 Å². The van der Waals surface area contributed by atoms with Crippen LogP contribution in [0.5, 0.6) is 11.6 Å². The molecule has 1 aromatic heterocycles. The summed E-state index contributed by atoms with van der Waals surface area (Å²) in [5.74, 6) is 2.04. The fourth-order valence-corrected chi connectivity index (χ4v) is 2.72. The molecule has 0 aliphatic carbocycles. The molecule has 0 N–H and O–H groups in total. The van der Waals surface area contributed by atoms with Crippen LogP contribution in [0.15, 0.2) is 36.4 Å². The Morgan fingerprint density at radius 1 is 1.08 bits per heavy atom. The van der Waals surface area contributed by atoms with Gasteiger partial charge in [-0.2, -0.15) is 0 Å². The fraction of sp³-hybridized carbons (Fsp3) is 0.389. The molecule has 7 nitrogen and oxygen atoms in total. The quantitative estimate of drug-likeness (QED) is 0.821. The number of carbonyl (C=O) groups is 1. The van der Waals surface area contributed by atoms with Crippen molar-refractivity contribution in [1.82, 2.24) is 15.1 Å². The van der Waals surface area contributed by atoms with E-state index in [1.54, 1.807) is 13.2 Å². The average molecular weight is 342 g/mol. The normalized spacial score (nSPS) is 14.3. The van der Waals surface area contributed by atoms with E-state index in [0.717, 1.165) is 30.2 Å². The molecule has 1 aromatic carbocycles. The number of carbonyl (C=O) groups excluding carboxylic acids is 1. The van der Waals surface area contributed by atoms with Crippen LogP contribution in [0.25, 0.3) is 0 Å². The Balaban J connectivity index is 1.49. The summed E-state index contributed by atoms with van der Waals surface area (Å²) >= 11 is 0. The number of methoxy groups -OCH3 is 1. The van der Waals surface area contributed by atoms with Gasteiger partial charge in [-0.05, 0) is 24.6 Å². The van der Waals surface area contributed by atoms with Gasteiger partial charge in [-0.1, -0.05) is 18.2 Å². The van der Waals surface area contributed by atoms with Crippen molar-refractivity contribution >= 4 is 11.7 Å². The maximum absolute atomic E-state index is 12.3. The first kappa shape index (κ1) is 17.0. The number of anilines is 1. The molecule has 1 aliphatic rings. The van der Waals surface area contributed by atoms with Crippen molar-refractivity contribution in [2.75, 3.05) is 44.8 Å². The molecule has 1 saturated heterocycles. The van der Waals surface area contributed by atoms with Crippen molar-refractivity contribution in [3.8, 4) is 11.6 Å². The SMILES string of the molecule is COc1ccc(N2CCN(C(=O)COc3ccccc3C)CC2)nn1. The molecule has 0 unspecified atom stereocenters. The summed E-state index contributed by atoms with van der Waals surface area (Å²) in [6.45, 7) is 4.75. The van der Waals surface area contributed by atoms with Crippen LogP contribution in [0.3, 0.4) is 0 Å². The number of rotatable bonds is 5. The summed E-state index contributed by atoms with van der Waals surface area (Å²) < 4.78 is 10.7. The molecule has 1 aliphatic heterocycles. The number of para-hydroxylation sites is 1. The first-order valence-corrected chi connectivity index (χ1v) is 8.26. The van der Waals surface area contributed by atoms with Gasteiger partial charge >= 0.3 is 0 Å². The lowest BCUT2D eigenvalue weighted by Gasteiger charge is -2.35. The number of nitrogens with zero attached hydrogens (tertiary/aromatic N) is 4. The number of piperazine rings is 1. The van der Waals surface area contributed by atoms with Crippen molar-refractivity contribution in [3.63, 3.8) is 0 Å². The first-order chi connectivity index (χ1) is 12.2. The summed E-state index contributed by atoms with van der Waals surface area (Å²) in [4.78, 5) is 16.3. The Morgan fingerprint density at radius 3 is 2.48 bits per heavy atom. The van der Waals surface area contributed by atoms with Crippen molar-refractivity contribution < 1.29 is 14.3 Å². The zero-order chi connectivity index (χ0) is 17.6. The molecule has 0 bridgehead atoms. The highest BCUT2D eigenvalue weighted by atomic mass is 16.5. The predicted octanol–water partition coefficient (Wildman–Crippen LogP) is 1.52. The Morgan fingerprint density at radius 2 is 1.84 bits per heavy atom. The van der Waals surface area contributed by atoms with Gasteiger partial charge in [0.1, 0.15) is 5.75 Å². The highest BCUT2D eigenvalue weighted by molar-refractivity contribution is 5.78. The second-order valence-corrected chi connectivity index (χ2v) is 5.86. The maximum Gasteiger partial charge on any atom is 0.260 e. The second kappa shape index (κ2) is 7.83. The van der Waals surface area contributed by atoms with Gasteiger partial charge in [0, 0.05) is 32.2 Å². The van der Waals surface area contributed by atoms with Crippen LogP contribution >= 0.6 is 0 Å². The number of amides is 1. The zero-order valence-electron chi connectivity index (χ0n) is 14.5. The molecule has 132 valence electrons. The zero-order valence-corrected chi connectivity index (χ0v) is 14.5. The van der Waals surface area contributed by atoms with Gasteiger partial charge in [-0.3, -0.25) is 4.79 Å². The average Bonchev–Trinajstić information content (AvgIpc) is 2.67. The van der Waals surface area contributed by atoms with Crippen molar-refractivity contribution in [1.29, 1.82) is 0 Å². The summed E-state index contributed by atoms with van der Waals surface area (Å²) in [7, 11) is 1.56. The third kappa shape index (κ3) is 4.17. The van der Waals surface area contributed by atoms with Gasteiger partial charge in [0.2, 0.25) is 5.88 Å². The third-order valence-corrected chi connectivity index (χ3v) is 4.24. The van der Waals surface area contributed by atoms with Crippen LogP contribution in [-0.4, -0.2) is 60.9 Å². The monoisotopic (exact) mass is 342 g/mol. The van der Waals surface area contributed by atoms with Crippen LogP contribution in [0, 0.1) is 6.92 Å². The van der Waals surface area contributed by atoms with Crippen molar-refractivity contribution in [2.45, 2.75) is 6.92 Å². The molecule has 3 rings (SSSR count). The van der Waals surface area contributed by atoms with Crippen LogP contribution in [0.2, 0.25) is 0 Å². The highest BCUT2D eigenvalue weighted by Crippen LogP contribution is 2.17. The van der Waals surface area contributed by atoms with E-state index in [4.69, 9.17) is 9.47 Å². The molecule has 0 spiro atoms. The molecule has 2 heterocycles. The van der Waals surface area contributed by atoms with E-state index in [2.05, 4.69) is 15.1 Å². The van der Waals surface area contributed by atoms with E-state index in [1.165, 1.54) is 0 Å². The topological polar surface area (TPSA) is 67.8 Å². The number of hydrogen-bond donors (Lipinski definition) is 0. The molecule has 0 radical (unpaired) electrons. The van der Waals surface area contributed by atoms with E-state index < -0.39 is 0 Å². The van der Waals surface area contributed by atoms with Gasteiger partial charge in [0.15, 0.2) is 12.4 Å². The first-order valence-electron chi connectivity index (χ1n) is 8.26.